The topological polar surface area (TPSA) is 41.5 Å². The first-order chi connectivity index (χ1) is 7.24. The van der Waals surface area contributed by atoms with E-state index in [9.17, 15) is 9.18 Å². The Morgan fingerprint density at radius 1 is 1.47 bits per heavy atom. The van der Waals surface area contributed by atoms with Crippen molar-refractivity contribution in [1.82, 2.24) is 5.43 Å². The maximum absolute atomic E-state index is 12.5. The van der Waals surface area contributed by atoms with Gasteiger partial charge in [0.05, 0.1) is 0 Å². The molecule has 1 N–H and O–H groups in total. The lowest BCUT2D eigenvalue weighted by atomic mass is 10.2. The molecule has 1 amide bonds. The largest absolute Gasteiger partial charge is 0.271 e. The Morgan fingerprint density at radius 3 is 2.73 bits per heavy atom. The molecule has 0 saturated heterocycles. The number of benzene rings is 1. The minimum Gasteiger partial charge on any atom is -0.267 e. The normalized spacial score (nSPS) is 10.5. The minimum atomic E-state index is -0.360. The van der Waals surface area contributed by atoms with Gasteiger partial charge in [-0.1, -0.05) is 13.3 Å². The van der Waals surface area contributed by atoms with Gasteiger partial charge in [-0.3, -0.25) is 4.79 Å². The first-order valence-electron chi connectivity index (χ1n) is 4.81. The smallest absolute Gasteiger partial charge is 0.267 e. The highest BCUT2D eigenvalue weighted by Gasteiger charge is 2.02. The van der Waals surface area contributed by atoms with Crippen LogP contribution in [0.4, 0.5) is 4.39 Å². The molecule has 80 valence electrons. The van der Waals surface area contributed by atoms with Gasteiger partial charge in [0.15, 0.2) is 0 Å². The van der Waals surface area contributed by atoms with Gasteiger partial charge in [-0.25, -0.2) is 9.82 Å². The number of nitrogens with zero attached hydrogens (tertiary/aromatic N) is 1. The van der Waals surface area contributed by atoms with Crippen LogP contribution in [0.1, 0.15) is 30.1 Å². The van der Waals surface area contributed by atoms with Gasteiger partial charge in [0.25, 0.3) is 5.91 Å². The van der Waals surface area contributed by atoms with Crippen molar-refractivity contribution in [3.63, 3.8) is 0 Å². The lowest BCUT2D eigenvalue weighted by molar-refractivity contribution is 0.0955. The van der Waals surface area contributed by atoms with Crippen LogP contribution in [-0.4, -0.2) is 12.1 Å². The van der Waals surface area contributed by atoms with Crippen LogP contribution in [0, 0.1) is 5.82 Å². The lowest BCUT2D eigenvalue weighted by Gasteiger charge is -1.98. The van der Waals surface area contributed by atoms with E-state index in [1.54, 1.807) is 6.21 Å². The summed E-state index contributed by atoms with van der Waals surface area (Å²) in [6.07, 6.45) is 3.45. The van der Waals surface area contributed by atoms with Gasteiger partial charge in [-0.05, 0) is 30.7 Å². The predicted molar refractivity (Wildman–Crippen MR) is 57.3 cm³/mol. The van der Waals surface area contributed by atoms with E-state index in [0.29, 0.717) is 5.56 Å². The van der Waals surface area contributed by atoms with Crippen LogP contribution in [0.3, 0.4) is 0 Å². The number of carbonyl (C=O) groups is 1. The maximum Gasteiger partial charge on any atom is 0.271 e. The minimum absolute atomic E-state index is 0.331. The Balaban J connectivity index is 2.50. The Morgan fingerprint density at radius 2 is 2.13 bits per heavy atom. The first kappa shape index (κ1) is 11.4. The molecule has 0 bridgehead atoms. The number of carbonyl (C=O) groups excluding carboxylic acids is 1. The predicted octanol–water partition coefficient (Wildman–Crippen LogP) is 2.34. The molecule has 0 atom stereocenters. The van der Waals surface area contributed by atoms with E-state index < -0.39 is 0 Å². The molecule has 0 fully saturated rings. The highest BCUT2D eigenvalue weighted by atomic mass is 19.1. The van der Waals surface area contributed by atoms with Crippen molar-refractivity contribution >= 4 is 12.1 Å². The molecule has 0 aliphatic carbocycles. The molecule has 0 aromatic heterocycles. The van der Waals surface area contributed by atoms with Crippen LogP contribution in [0.5, 0.6) is 0 Å². The second-order valence-electron chi connectivity index (χ2n) is 3.05. The SMILES string of the molecule is CCC/C=N/NC(=O)c1ccc(F)cc1. The molecule has 0 aliphatic rings. The monoisotopic (exact) mass is 208 g/mol. The van der Waals surface area contributed by atoms with Gasteiger partial charge in [0, 0.05) is 11.8 Å². The zero-order chi connectivity index (χ0) is 11.1. The van der Waals surface area contributed by atoms with Crippen LogP contribution in [0.15, 0.2) is 29.4 Å². The summed E-state index contributed by atoms with van der Waals surface area (Å²) in [4.78, 5) is 11.4. The molecule has 0 saturated carbocycles. The van der Waals surface area contributed by atoms with Crippen LogP contribution in [-0.2, 0) is 0 Å². The third kappa shape index (κ3) is 3.89. The Hall–Kier alpha value is -1.71. The summed E-state index contributed by atoms with van der Waals surface area (Å²) in [5.41, 5.74) is 2.75. The number of nitrogens with one attached hydrogen (secondary N) is 1. The number of hydrogen-bond acceptors (Lipinski definition) is 2. The summed E-state index contributed by atoms with van der Waals surface area (Å²) in [6.45, 7) is 2.02. The molecule has 1 aromatic carbocycles. The highest BCUT2D eigenvalue weighted by molar-refractivity contribution is 5.94. The van der Waals surface area contributed by atoms with Crippen molar-refractivity contribution in [1.29, 1.82) is 0 Å². The fraction of sp³-hybridized carbons (Fsp3) is 0.273. The molecule has 4 heteroatoms. The molecule has 0 radical (unpaired) electrons. The second kappa shape index (κ2) is 5.90. The van der Waals surface area contributed by atoms with Crippen molar-refractivity contribution in [2.75, 3.05) is 0 Å². The number of amides is 1. The Kier molecular flexibility index (Phi) is 4.47. The summed E-state index contributed by atoms with van der Waals surface area (Å²) in [7, 11) is 0. The van der Waals surface area contributed by atoms with Crippen LogP contribution in [0.2, 0.25) is 0 Å². The van der Waals surface area contributed by atoms with Gasteiger partial charge >= 0.3 is 0 Å². The zero-order valence-electron chi connectivity index (χ0n) is 8.53. The van der Waals surface area contributed by atoms with Crippen LogP contribution < -0.4 is 5.43 Å². The van der Waals surface area contributed by atoms with Crippen molar-refractivity contribution in [3.8, 4) is 0 Å². The second-order valence-corrected chi connectivity index (χ2v) is 3.05. The molecule has 0 aliphatic heterocycles. The van der Waals surface area contributed by atoms with Gasteiger partial charge < -0.3 is 0 Å². The molecule has 15 heavy (non-hydrogen) atoms. The summed E-state index contributed by atoms with van der Waals surface area (Å²) >= 11 is 0. The standard InChI is InChI=1S/C11H13FN2O/c1-2-3-8-13-14-11(15)9-4-6-10(12)7-5-9/h4-8H,2-3H2,1H3,(H,14,15)/b13-8+. The van der Waals surface area contributed by atoms with Crippen molar-refractivity contribution in [3.05, 3.63) is 35.6 Å². The average molecular weight is 208 g/mol. The summed E-state index contributed by atoms with van der Waals surface area (Å²) in [5.74, 6) is -0.691. The number of hydrazone groups is 1. The van der Waals surface area contributed by atoms with Crippen molar-refractivity contribution in [2.45, 2.75) is 19.8 Å². The third-order valence-electron chi connectivity index (χ3n) is 1.78. The molecular weight excluding hydrogens is 195 g/mol. The number of hydrogen-bond donors (Lipinski definition) is 1. The fourth-order valence-corrected chi connectivity index (χ4v) is 0.964. The molecule has 1 aromatic rings. The third-order valence-corrected chi connectivity index (χ3v) is 1.78. The van der Waals surface area contributed by atoms with E-state index in [4.69, 9.17) is 0 Å². The maximum atomic E-state index is 12.5. The van der Waals surface area contributed by atoms with E-state index in [0.717, 1.165) is 12.8 Å². The molecule has 0 unspecified atom stereocenters. The van der Waals surface area contributed by atoms with Gasteiger partial charge in [-0.15, -0.1) is 0 Å². The van der Waals surface area contributed by atoms with Gasteiger partial charge in [0.2, 0.25) is 0 Å². The zero-order valence-corrected chi connectivity index (χ0v) is 8.53. The van der Waals surface area contributed by atoms with E-state index in [-0.39, 0.29) is 11.7 Å². The summed E-state index contributed by atoms with van der Waals surface area (Å²) in [6, 6.07) is 5.31. The van der Waals surface area contributed by atoms with E-state index in [1.165, 1.54) is 24.3 Å². The number of halogens is 1. The molecule has 0 heterocycles. The van der Waals surface area contributed by atoms with E-state index in [1.807, 2.05) is 6.92 Å². The van der Waals surface area contributed by atoms with E-state index >= 15 is 0 Å². The lowest BCUT2D eigenvalue weighted by Crippen LogP contribution is -2.17. The summed E-state index contributed by atoms with van der Waals surface area (Å²) in [5, 5.41) is 3.74. The summed E-state index contributed by atoms with van der Waals surface area (Å²) < 4.78 is 12.5. The molecular formula is C11H13FN2O. The highest BCUT2D eigenvalue weighted by Crippen LogP contribution is 2.02. The average Bonchev–Trinajstić information content (AvgIpc) is 2.25. The van der Waals surface area contributed by atoms with Crippen molar-refractivity contribution in [2.24, 2.45) is 5.10 Å². The Labute approximate surface area is 88.0 Å². The Bertz CT molecular complexity index is 346. The van der Waals surface area contributed by atoms with Crippen LogP contribution >= 0.6 is 0 Å². The number of unbranched alkanes of at least 4 members (excludes halogenated alkanes) is 1. The first-order valence-corrected chi connectivity index (χ1v) is 4.81. The van der Waals surface area contributed by atoms with Gasteiger partial charge in [-0.2, -0.15) is 5.10 Å². The molecule has 3 nitrogen and oxygen atoms in total. The van der Waals surface area contributed by atoms with Crippen LogP contribution in [0.25, 0.3) is 0 Å². The fourth-order valence-electron chi connectivity index (χ4n) is 0.964. The molecule has 1 rings (SSSR count). The van der Waals surface area contributed by atoms with Crippen molar-refractivity contribution < 1.29 is 9.18 Å². The van der Waals surface area contributed by atoms with E-state index in [2.05, 4.69) is 10.5 Å². The molecule has 0 spiro atoms. The van der Waals surface area contributed by atoms with Gasteiger partial charge in [0.1, 0.15) is 5.82 Å². The number of rotatable bonds is 4. The quantitative estimate of drug-likeness (QED) is 0.598.